The number of benzene rings is 5. The molecule has 0 amide bonds. The van der Waals surface area contributed by atoms with Gasteiger partial charge in [0.1, 0.15) is 90.0 Å². The van der Waals surface area contributed by atoms with Gasteiger partial charge in [-0.3, -0.25) is 59.4 Å². The molecule has 5 aromatic carbocycles. The van der Waals surface area contributed by atoms with Crippen LogP contribution in [0.3, 0.4) is 0 Å². The van der Waals surface area contributed by atoms with Gasteiger partial charge in [0.25, 0.3) is 0 Å². The average Bonchev–Trinajstić information content (AvgIpc) is 0.790. The zero-order chi connectivity index (χ0) is 97.8. The smallest absolute Gasteiger partial charge is 0.388 e. The van der Waals surface area contributed by atoms with E-state index in [0.29, 0.717) is 165 Å². The number of rotatable bonds is 22. The van der Waals surface area contributed by atoms with E-state index in [9.17, 15) is 45.4 Å². The molecule has 4 unspecified atom stereocenters. The first-order valence-corrected chi connectivity index (χ1v) is 43.8. The van der Waals surface area contributed by atoms with Crippen molar-refractivity contribution in [1.29, 1.82) is 0 Å². The molecular weight excluding hydrogens is 1890 g/mol. The molecule has 16 rings (SSSR count). The van der Waals surface area contributed by atoms with E-state index in [2.05, 4.69) is 90.8 Å². The molecule has 0 bridgehead atoms. The molecule has 2 saturated heterocycles. The number of pyridine rings is 5. The van der Waals surface area contributed by atoms with Crippen LogP contribution in [0.15, 0.2) is 277 Å². The van der Waals surface area contributed by atoms with Gasteiger partial charge in [-0.15, -0.1) is 12.8 Å². The predicted octanol–water partition coefficient (Wildman–Crippen LogP) is 17.8. The van der Waals surface area contributed by atoms with E-state index >= 15 is 0 Å². The van der Waals surface area contributed by atoms with Gasteiger partial charge in [0, 0.05) is 122 Å². The SMILES string of the molecule is C#CCOCC1(COCC#C)COC2(CCN(CC3=C(C(C)=O)C(c4ccc(F)cc4Cl)N=C(c4ccccn4)N3)CC2)OC1.CC1=C(C(=O)CO)C(c2ccc(F)cc2Br)N=C(c2ccccn2)N1.CC1=C(C)C(c2ccc(F)cc2Cl)N=C(c2ccc(-c3ccc(C(F)(F)F)cc3)cn2)N1.CCC1=C(c2ccccn2)NC(c2ccccn2)=NC1c1ccc(F)cc1Cl.O=C=O.O=C=O. The lowest BCUT2D eigenvalue weighted by molar-refractivity contribution is -0.327. The molecule has 700 valence electrons. The van der Waals surface area contributed by atoms with Crippen molar-refractivity contribution in [3.63, 3.8) is 0 Å². The summed E-state index contributed by atoms with van der Waals surface area (Å²) in [5.74, 6) is 4.15. The van der Waals surface area contributed by atoms with Crippen LogP contribution in [0.1, 0.15) is 134 Å². The Balaban J connectivity index is 0.000000175. The molecular formula is C100H87BrCl3F7N14O11. The van der Waals surface area contributed by atoms with Crippen molar-refractivity contribution in [1.82, 2.24) is 51.1 Å². The summed E-state index contributed by atoms with van der Waals surface area (Å²) in [6, 6.07) is 45.6. The number of likely N-dealkylation sites (tertiary alicyclic amines) is 1. The number of aromatic nitrogens is 5. The zero-order valence-corrected chi connectivity index (χ0v) is 77.4. The number of aliphatic hydroxyl groups excluding tert-OH is 1. The molecule has 0 aliphatic carbocycles. The van der Waals surface area contributed by atoms with Crippen LogP contribution in [0, 0.1) is 53.4 Å². The van der Waals surface area contributed by atoms with E-state index in [0.717, 1.165) is 52.4 Å². The lowest BCUT2D eigenvalue weighted by atomic mass is 9.89. The molecule has 6 aliphatic heterocycles. The summed E-state index contributed by atoms with van der Waals surface area (Å²) in [6.45, 7) is 12.1. The second kappa shape index (κ2) is 48.6. The van der Waals surface area contributed by atoms with Crippen LogP contribution >= 0.6 is 50.7 Å². The first-order chi connectivity index (χ1) is 65.4. The lowest BCUT2D eigenvalue weighted by Crippen LogP contribution is -2.57. The van der Waals surface area contributed by atoms with Crippen molar-refractivity contribution in [2.75, 3.05) is 65.9 Å². The summed E-state index contributed by atoms with van der Waals surface area (Å²) >= 11 is 22.5. The van der Waals surface area contributed by atoms with E-state index < -0.39 is 70.9 Å². The number of carbonyl (C=O) groups is 2. The van der Waals surface area contributed by atoms with E-state index in [1.54, 1.807) is 86.4 Å². The third kappa shape index (κ3) is 26.6. The number of allylic oxidation sites excluding steroid dienone is 2. The van der Waals surface area contributed by atoms with Gasteiger partial charge in [0.05, 0.1) is 48.8 Å². The quantitative estimate of drug-likeness (QED) is 0.0239. The average molecular weight is 1980 g/mol. The summed E-state index contributed by atoms with van der Waals surface area (Å²) in [6.07, 6.45) is 17.2. The first kappa shape index (κ1) is 103. The van der Waals surface area contributed by atoms with Crippen molar-refractivity contribution < 1.29 is 83.6 Å². The van der Waals surface area contributed by atoms with Crippen LogP contribution in [0.5, 0.6) is 0 Å². The summed E-state index contributed by atoms with van der Waals surface area (Å²) in [5, 5.41) is 23.2. The molecule has 25 nitrogen and oxygen atoms in total. The minimum absolute atomic E-state index is 0.158. The Morgan fingerprint density at radius 1 is 0.537 bits per heavy atom. The minimum Gasteiger partial charge on any atom is -0.388 e. The summed E-state index contributed by atoms with van der Waals surface area (Å²) in [5.41, 5.74) is 11.9. The van der Waals surface area contributed by atoms with Crippen LogP contribution in [0.25, 0.3) is 16.8 Å². The number of Topliss-reactive ketones (excluding diaryl/α,β-unsaturated/α-hetero) is 2. The number of amidine groups is 4. The summed E-state index contributed by atoms with van der Waals surface area (Å²) < 4.78 is 117. The Labute approximate surface area is 801 Å². The van der Waals surface area contributed by atoms with Crippen LogP contribution in [-0.4, -0.2) is 154 Å². The Morgan fingerprint density at radius 2 is 0.956 bits per heavy atom. The summed E-state index contributed by atoms with van der Waals surface area (Å²) in [4.78, 5) is 101. The molecule has 136 heavy (non-hydrogen) atoms. The number of ketones is 2. The topological polar surface area (TPSA) is 325 Å². The van der Waals surface area contributed by atoms with Crippen molar-refractivity contribution in [2.45, 2.75) is 90.0 Å². The molecule has 6 aliphatic rings. The van der Waals surface area contributed by atoms with Gasteiger partial charge >= 0.3 is 18.5 Å². The third-order valence-corrected chi connectivity index (χ3v) is 23.7. The van der Waals surface area contributed by atoms with Crippen LogP contribution < -0.4 is 21.3 Å². The standard InChI is InChI=1S/C34H36ClFN4O5.C24H18ClF4N3.C22H18ClFN4.C18H15BrFN3O2.2CO2/c1-4-16-42-20-33(21-43-17-5-2)22-44-34(45-23-33)11-14-40(15-12-34)19-29-30(24(3)41)31(26-10-9-25(36)18-27(26)35)39-32(38-29)28-8-6-7-13-37-28;1-13-14(2)31-23(32-22(13)19-9-8-18(26)11-20(19)25)21-10-5-16(12-30-21)15-3-6-17(7-4-15)24(27,28)29;1-2-15-20(16-10-9-14(24)13-17(16)23)27-22(19-8-4-6-12-26-19)28-21(15)18-7-3-5-11-25-18;1-10-16(15(25)9-24)17(12-6-5-11(20)8-13(12)19)23-18(22-10)14-4-2-3-7-21-14;2*2-1-3/h1-2,6-10,13,18,31H,11-12,14-17,19-23H2,3H3,(H,38,39);3-12,22H,1-2H3,(H,31,32);3-13,20H,2H2,1H3,(H,27,28);2-8,17,24H,9H2,1H3,(H,22,23);;. The van der Waals surface area contributed by atoms with Crippen LogP contribution in [-0.2, 0) is 53.9 Å². The number of nitrogens with zero attached hydrogens (tertiary/aromatic N) is 10. The fourth-order valence-electron chi connectivity index (χ4n) is 15.2. The largest absolute Gasteiger partial charge is 0.416 e. The number of terminal acetylenes is 2. The fraction of sp³-hybridized carbons (Fsp3) is 0.250. The van der Waals surface area contributed by atoms with E-state index in [1.165, 1.54) is 67.6 Å². The van der Waals surface area contributed by atoms with Crippen molar-refractivity contribution in [3.8, 4) is 35.8 Å². The first-order valence-electron chi connectivity index (χ1n) is 41.9. The maximum atomic E-state index is 14.0. The van der Waals surface area contributed by atoms with Crippen molar-refractivity contribution in [3.05, 3.63) is 351 Å². The number of alkyl halides is 3. The van der Waals surface area contributed by atoms with Gasteiger partial charge < -0.3 is 45.3 Å². The Bertz CT molecular complexity index is 6350. The molecule has 36 heteroatoms. The zero-order valence-electron chi connectivity index (χ0n) is 73.5. The number of ether oxygens (including phenoxy) is 4. The Hall–Kier alpha value is -13.5. The lowest BCUT2D eigenvalue weighted by Gasteiger charge is -2.49. The van der Waals surface area contributed by atoms with Crippen molar-refractivity contribution in [2.24, 2.45) is 25.4 Å². The molecule has 10 aromatic rings. The number of hydrogen-bond donors (Lipinski definition) is 5. The van der Waals surface area contributed by atoms with Gasteiger partial charge in [0.15, 0.2) is 40.7 Å². The number of aliphatic hydroxyl groups is 1. The van der Waals surface area contributed by atoms with Gasteiger partial charge in [-0.25, -0.2) is 17.6 Å². The number of aliphatic imine (C=N–C) groups is 4. The predicted molar refractivity (Wildman–Crippen MR) is 500 cm³/mol. The molecule has 5 aromatic heterocycles. The van der Waals surface area contributed by atoms with E-state index in [-0.39, 0.29) is 53.2 Å². The highest BCUT2D eigenvalue weighted by atomic mass is 79.9. The number of nitrogens with one attached hydrogen (secondary N) is 4. The molecule has 5 N–H and O–H groups in total. The van der Waals surface area contributed by atoms with Crippen LogP contribution in [0.2, 0.25) is 15.1 Å². The number of piperidine rings is 1. The Morgan fingerprint density at radius 3 is 1.39 bits per heavy atom. The highest BCUT2D eigenvalue weighted by Gasteiger charge is 2.48. The molecule has 0 saturated carbocycles. The van der Waals surface area contributed by atoms with Crippen molar-refractivity contribution >= 4 is 104 Å². The number of carbonyl (C=O) groups excluding carboxylic acids is 6. The number of hydrogen-bond acceptors (Lipinski definition) is 25. The monoisotopic (exact) mass is 1980 g/mol. The second-order valence-corrected chi connectivity index (χ2v) is 33.1. The maximum Gasteiger partial charge on any atom is 0.416 e. The van der Waals surface area contributed by atoms with E-state index in [4.69, 9.17) is 101 Å². The van der Waals surface area contributed by atoms with Gasteiger partial charge in [-0.2, -0.15) is 32.3 Å². The normalized spacial score (nSPS) is 17.5. The molecule has 1 spiro atoms. The Kier molecular flexibility index (Phi) is 36.8. The van der Waals surface area contributed by atoms with Gasteiger partial charge in [0.2, 0.25) is 0 Å². The highest BCUT2D eigenvalue weighted by molar-refractivity contribution is 9.10. The maximum absolute atomic E-state index is 14.0. The molecule has 4 atom stereocenters. The van der Waals surface area contributed by atoms with Gasteiger partial charge in [-0.05, 0) is 183 Å². The molecule has 11 heterocycles. The minimum atomic E-state index is -4.38. The van der Waals surface area contributed by atoms with E-state index in [1.807, 2.05) is 74.5 Å². The molecule has 0 radical (unpaired) electrons. The highest BCUT2D eigenvalue weighted by Crippen LogP contribution is 2.44. The van der Waals surface area contributed by atoms with Crippen LogP contribution in [0.4, 0.5) is 30.7 Å². The number of halogens is 11. The third-order valence-electron chi connectivity index (χ3n) is 22.0. The molecule has 2 fully saturated rings. The fourth-order valence-corrected chi connectivity index (χ4v) is 16.6. The van der Waals surface area contributed by atoms with Gasteiger partial charge in [-0.1, -0.05) is 136 Å². The summed E-state index contributed by atoms with van der Waals surface area (Å²) in [7, 11) is 0. The second-order valence-electron chi connectivity index (χ2n) is 31.0.